The van der Waals surface area contributed by atoms with Crippen LogP contribution in [0.15, 0.2) is 15.8 Å². The molecule has 1 aliphatic heterocycles. The van der Waals surface area contributed by atoms with Crippen molar-refractivity contribution in [3.05, 3.63) is 32.6 Å². The average Bonchev–Trinajstić information content (AvgIpc) is 2.70. The van der Waals surface area contributed by atoms with Crippen molar-refractivity contribution in [3.8, 4) is 0 Å². The van der Waals surface area contributed by atoms with Gasteiger partial charge in [0.15, 0.2) is 6.20 Å². The molecule has 14 nitrogen and oxygen atoms in total. The molecule has 0 aromatic carbocycles. The van der Waals surface area contributed by atoms with Gasteiger partial charge in [-0.2, -0.15) is 4.31 Å². The van der Waals surface area contributed by atoms with Crippen LogP contribution in [0.1, 0.15) is 15.9 Å². The fourth-order valence-electron chi connectivity index (χ4n) is 1.89. The van der Waals surface area contributed by atoms with Gasteiger partial charge < -0.3 is 29.6 Å². The van der Waals surface area contributed by atoms with Crippen molar-refractivity contribution in [3.63, 3.8) is 0 Å². The summed E-state index contributed by atoms with van der Waals surface area (Å²) in [7, 11) is -11.8. The lowest BCUT2D eigenvalue weighted by atomic mass is 10.1. The summed E-state index contributed by atoms with van der Waals surface area (Å²) in [5, 5.41) is 20.0. The largest absolute Gasteiger partial charge is 0.481 e. The predicted molar refractivity (Wildman–Crippen MR) is 80.9 cm³/mol. The number of halogens is 1. The average molecular weight is 439 g/mol. The van der Waals surface area contributed by atoms with Gasteiger partial charge in [0.1, 0.15) is 18.8 Å². The van der Waals surface area contributed by atoms with E-state index in [9.17, 15) is 33.8 Å². The molecule has 0 spiro atoms. The Labute approximate surface area is 152 Å². The highest BCUT2D eigenvalue weighted by atomic mass is 31.3. The van der Waals surface area contributed by atoms with Crippen LogP contribution in [0.5, 0.6) is 0 Å². The summed E-state index contributed by atoms with van der Waals surface area (Å²) in [6, 6.07) is 0. The topological polar surface area (TPSA) is 218 Å². The third-order valence-corrected chi connectivity index (χ3v) is 5.05. The summed E-state index contributed by atoms with van der Waals surface area (Å²) in [6.45, 7) is -3.15. The van der Waals surface area contributed by atoms with E-state index in [1.165, 1.54) is 0 Å². The minimum atomic E-state index is -6.04. The van der Waals surface area contributed by atoms with E-state index < -0.39 is 57.7 Å². The Morgan fingerprint density at radius 2 is 2.04 bits per heavy atom. The molecule has 27 heavy (non-hydrogen) atoms. The number of aryl methyl sites for hydroxylation is 1. The first-order valence-electron chi connectivity index (χ1n) is 8.14. The third kappa shape index (κ3) is 4.97. The van der Waals surface area contributed by atoms with E-state index in [0.29, 0.717) is 6.20 Å². The Morgan fingerprint density at radius 3 is 2.59 bits per heavy atom. The first kappa shape index (κ1) is 17.8. The first-order chi connectivity index (χ1) is 13.3. The van der Waals surface area contributed by atoms with Crippen LogP contribution < -0.4 is 11.2 Å². The summed E-state index contributed by atoms with van der Waals surface area (Å²) >= 11 is 0. The number of aromatic amines is 1. The fourth-order valence-corrected chi connectivity index (χ4v) is 3.33. The van der Waals surface area contributed by atoms with Gasteiger partial charge in [-0.25, -0.2) is 18.3 Å². The maximum atomic E-state index is 15.3. The number of aromatic nitrogens is 2. The maximum absolute atomic E-state index is 15.3. The van der Waals surface area contributed by atoms with E-state index >= 15 is 4.39 Å². The molecular formula is C10H15FN2O12P2. The van der Waals surface area contributed by atoms with Crippen LogP contribution >= 0.6 is 15.6 Å². The first-order valence-corrected chi connectivity index (χ1v) is 9.67. The Balaban J connectivity index is 2.51. The second-order valence-corrected chi connectivity index (χ2v) is 7.90. The number of phosphoric acid groups is 2. The number of hydrogen-bond acceptors (Lipinski definition) is 9. The Morgan fingerprint density at radius 1 is 1.44 bits per heavy atom. The number of nitrogens with zero attached hydrogens (tertiary/aromatic N) is 1. The van der Waals surface area contributed by atoms with Crippen LogP contribution in [0.25, 0.3) is 0 Å². The number of hydrogen-bond donors (Lipinski definition) is 6. The van der Waals surface area contributed by atoms with Crippen LogP contribution in [0.3, 0.4) is 0 Å². The van der Waals surface area contributed by atoms with Crippen molar-refractivity contribution >= 4 is 15.6 Å². The van der Waals surface area contributed by atoms with Gasteiger partial charge in [0.2, 0.25) is 0 Å². The van der Waals surface area contributed by atoms with Gasteiger partial charge in [0, 0.05) is 11.8 Å². The molecular weight excluding hydrogens is 421 g/mol. The van der Waals surface area contributed by atoms with Gasteiger partial charge in [-0.05, 0) is 6.92 Å². The fraction of sp³-hybridized carbons (Fsp3) is 0.600. The molecule has 1 aliphatic rings. The van der Waals surface area contributed by atoms with Crippen molar-refractivity contribution in [2.75, 3.05) is 6.56 Å². The molecule has 2 heterocycles. The lowest BCUT2D eigenvalue weighted by Crippen LogP contribution is -2.43. The summed E-state index contributed by atoms with van der Waals surface area (Å²) in [5.41, 5.74) is -2.60. The Kier molecular flexibility index (Phi) is 4.81. The van der Waals surface area contributed by atoms with E-state index in [2.05, 4.69) is 13.6 Å². The molecule has 1 aromatic heterocycles. The quantitative estimate of drug-likeness (QED) is 0.265. The van der Waals surface area contributed by atoms with Gasteiger partial charge in [0.05, 0.1) is 4.11 Å². The summed E-state index contributed by atoms with van der Waals surface area (Å²) in [5.74, 6) is -4.37. The zero-order valence-electron chi connectivity index (χ0n) is 16.0. The van der Waals surface area contributed by atoms with Gasteiger partial charge in [-0.3, -0.25) is 18.9 Å². The van der Waals surface area contributed by atoms with Gasteiger partial charge in [-0.15, -0.1) is 0 Å². The summed E-state index contributed by atoms with van der Waals surface area (Å²) in [4.78, 5) is 51.4. The number of rotatable bonds is 6. The monoisotopic (exact) mass is 439 g/mol. The van der Waals surface area contributed by atoms with Gasteiger partial charge in [0.25, 0.3) is 11.4 Å². The maximum Gasteiger partial charge on any atom is 0.481 e. The Bertz CT molecular complexity index is 1060. The second-order valence-electron chi connectivity index (χ2n) is 5.15. The number of aliphatic hydroxyl groups is 2. The van der Waals surface area contributed by atoms with E-state index in [0.717, 1.165) is 6.92 Å². The molecule has 1 aromatic rings. The van der Waals surface area contributed by atoms with Crippen molar-refractivity contribution in [1.29, 1.82) is 0 Å². The molecule has 0 radical (unpaired) electrons. The summed E-state index contributed by atoms with van der Waals surface area (Å²) in [6.07, 6.45) is -8.51. The standard InChI is InChI=1S/C10H15FN2O12P2/c1-4-2-13(9(17)12-7(4)16)8-5(14)6(15)10(11,24-8)3-23-27(21,22)25-26(18,19)20/h2,5-6,8,14-15H,3H2,1H3,(H,21,22)(H,12,16,17)(H2,18,19,20)/t5-,6+,8-,10-/m1/s1/i3D2,8D. The zero-order chi connectivity index (χ0) is 23.5. The number of nitrogens with one attached hydrogen (secondary N) is 1. The van der Waals surface area contributed by atoms with Crippen LogP contribution in [-0.4, -0.2) is 59.1 Å². The van der Waals surface area contributed by atoms with E-state index in [1.54, 1.807) is 4.98 Å². The number of ether oxygens (including phenoxy) is 1. The van der Waals surface area contributed by atoms with Crippen molar-refractivity contribution < 1.29 is 56.1 Å². The summed E-state index contributed by atoms with van der Waals surface area (Å²) < 4.78 is 72.0. The van der Waals surface area contributed by atoms with Crippen molar-refractivity contribution in [1.82, 2.24) is 9.55 Å². The minimum absolute atomic E-state index is 0.0969. The molecule has 0 amide bonds. The smallest absolute Gasteiger partial charge is 0.385 e. The molecule has 0 aliphatic carbocycles. The molecule has 2 rings (SSSR count). The number of alkyl halides is 1. The van der Waals surface area contributed by atoms with Gasteiger partial charge in [-0.1, -0.05) is 0 Å². The molecule has 0 saturated carbocycles. The van der Waals surface area contributed by atoms with Crippen molar-refractivity contribution in [2.45, 2.75) is 31.2 Å². The molecule has 0 bridgehead atoms. The second kappa shape index (κ2) is 7.29. The molecule has 154 valence electrons. The molecule has 1 unspecified atom stereocenters. The molecule has 5 atom stereocenters. The van der Waals surface area contributed by atoms with E-state index in [4.69, 9.17) is 13.9 Å². The predicted octanol–water partition coefficient (Wildman–Crippen LogP) is -2.01. The lowest BCUT2D eigenvalue weighted by molar-refractivity contribution is -0.205. The Hall–Kier alpha value is -1.25. The highest BCUT2D eigenvalue weighted by Crippen LogP contribution is 2.58. The van der Waals surface area contributed by atoms with Crippen LogP contribution in [0.2, 0.25) is 0 Å². The lowest BCUT2D eigenvalue weighted by Gasteiger charge is -2.23. The van der Waals surface area contributed by atoms with Crippen LogP contribution in [0, 0.1) is 6.92 Å². The van der Waals surface area contributed by atoms with Crippen molar-refractivity contribution in [2.24, 2.45) is 0 Å². The highest BCUT2D eigenvalue weighted by Gasteiger charge is 2.57. The van der Waals surface area contributed by atoms with Crippen LogP contribution in [0.4, 0.5) is 4.39 Å². The van der Waals surface area contributed by atoms with E-state index in [-0.39, 0.29) is 10.1 Å². The number of phosphoric ester groups is 1. The normalized spacial score (nSPS) is 35.9. The molecule has 6 N–H and O–H groups in total. The molecule has 17 heteroatoms. The molecule has 1 saturated heterocycles. The SMILES string of the molecule is [2H]C([2H])(OP(=O)(O)OP(=O)(O)O)[C@@]1(F)O[C@@]([2H])(n2cc(C)c(=O)[nH]c2=O)[C@H](O)[C@@H]1O. The molecule has 1 fully saturated rings. The highest BCUT2D eigenvalue weighted by molar-refractivity contribution is 7.60. The minimum Gasteiger partial charge on any atom is -0.385 e. The van der Waals surface area contributed by atoms with Gasteiger partial charge >= 0.3 is 21.3 Å². The zero-order valence-corrected chi connectivity index (χ0v) is 14.8. The number of H-pyrrole nitrogens is 1. The third-order valence-electron chi connectivity index (χ3n) is 3.05. The van der Waals surface area contributed by atoms with Crippen LogP contribution in [-0.2, 0) is 22.7 Å². The number of aliphatic hydroxyl groups excluding tert-OH is 2. The van der Waals surface area contributed by atoms with E-state index in [1.807, 2.05) is 0 Å².